The van der Waals surface area contributed by atoms with Gasteiger partial charge in [0.1, 0.15) is 11.5 Å². The van der Waals surface area contributed by atoms with E-state index in [1.54, 1.807) is 24.3 Å². The van der Waals surface area contributed by atoms with Gasteiger partial charge in [-0.05, 0) is 44.9 Å². The zero-order valence-electron chi connectivity index (χ0n) is 18.4. The number of Topliss-reactive ketones (excluding diaryl/α,β-unsaturated/α-hetero) is 1. The van der Waals surface area contributed by atoms with Crippen LogP contribution in [0.5, 0.6) is 5.75 Å². The highest BCUT2D eigenvalue weighted by Crippen LogP contribution is 2.41. The highest BCUT2D eigenvalue weighted by Gasteiger charge is 2.46. The Morgan fingerprint density at radius 3 is 2.55 bits per heavy atom. The quantitative estimate of drug-likeness (QED) is 0.297. The summed E-state index contributed by atoms with van der Waals surface area (Å²) in [5, 5.41) is 11.2. The van der Waals surface area contributed by atoms with Crippen molar-refractivity contribution in [2.45, 2.75) is 39.3 Å². The molecule has 1 unspecified atom stereocenters. The highest BCUT2D eigenvalue weighted by molar-refractivity contribution is 6.46. The first-order valence-corrected chi connectivity index (χ1v) is 10.4. The van der Waals surface area contributed by atoms with Gasteiger partial charge in [0.05, 0.1) is 30.4 Å². The van der Waals surface area contributed by atoms with Crippen LogP contribution in [0, 0.1) is 6.92 Å². The fourth-order valence-electron chi connectivity index (χ4n) is 3.84. The van der Waals surface area contributed by atoms with Gasteiger partial charge in [0.2, 0.25) is 0 Å². The lowest BCUT2D eigenvalue weighted by atomic mass is 9.94. The van der Waals surface area contributed by atoms with Crippen LogP contribution in [-0.4, -0.2) is 48.1 Å². The number of aliphatic hydroxyl groups is 1. The third-order valence-corrected chi connectivity index (χ3v) is 5.25. The van der Waals surface area contributed by atoms with Gasteiger partial charge in [-0.15, -0.1) is 0 Å². The molecule has 1 amide bonds. The molecule has 164 valence electrons. The molecule has 6 heteroatoms. The Balaban J connectivity index is 2.08. The van der Waals surface area contributed by atoms with Crippen LogP contribution in [0.1, 0.15) is 43.0 Å². The molecule has 2 aromatic carbocycles. The van der Waals surface area contributed by atoms with Crippen molar-refractivity contribution in [3.8, 4) is 5.75 Å². The summed E-state index contributed by atoms with van der Waals surface area (Å²) in [6, 6.07) is 13.9. The molecule has 0 aliphatic carbocycles. The van der Waals surface area contributed by atoms with Gasteiger partial charge >= 0.3 is 0 Å². The van der Waals surface area contributed by atoms with Crippen LogP contribution < -0.4 is 4.74 Å². The van der Waals surface area contributed by atoms with Gasteiger partial charge < -0.3 is 19.5 Å². The lowest BCUT2D eigenvalue weighted by Gasteiger charge is -2.26. The zero-order chi connectivity index (χ0) is 22.5. The van der Waals surface area contributed by atoms with Crippen LogP contribution in [0.15, 0.2) is 54.1 Å². The lowest BCUT2D eigenvalue weighted by Crippen LogP contribution is -2.31. The van der Waals surface area contributed by atoms with Crippen LogP contribution in [0.4, 0.5) is 0 Å². The Kier molecular flexibility index (Phi) is 7.13. The smallest absolute Gasteiger partial charge is 0.295 e. The van der Waals surface area contributed by atoms with E-state index in [1.807, 2.05) is 45.0 Å². The normalized spacial score (nSPS) is 18.1. The number of rotatable bonds is 8. The Labute approximate surface area is 183 Å². The zero-order valence-corrected chi connectivity index (χ0v) is 18.4. The minimum Gasteiger partial charge on any atom is -0.507 e. The van der Waals surface area contributed by atoms with E-state index in [-0.39, 0.29) is 17.4 Å². The molecular weight excluding hydrogens is 394 g/mol. The van der Waals surface area contributed by atoms with E-state index in [4.69, 9.17) is 9.47 Å². The van der Waals surface area contributed by atoms with E-state index < -0.39 is 17.7 Å². The molecular formula is C25H29NO5. The number of carbonyl (C=O) groups is 2. The molecule has 2 aromatic rings. The number of carbonyl (C=O) groups excluding carboxylic acids is 2. The first kappa shape index (κ1) is 22.6. The number of ether oxygens (including phenoxy) is 2. The van der Waals surface area contributed by atoms with Crippen LogP contribution in [-0.2, 0) is 14.3 Å². The number of ketones is 1. The number of likely N-dealkylation sites (tertiary alicyclic amines) is 1. The maximum Gasteiger partial charge on any atom is 0.295 e. The SMILES string of the molecule is COc1ccccc1/C(O)=C1/C(=O)C(=O)N(CCCOC(C)C)C1c1cccc(C)c1. The topological polar surface area (TPSA) is 76.1 Å². The van der Waals surface area contributed by atoms with E-state index in [9.17, 15) is 14.7 Å². The second kappa shape index (κ2) is 9.79. The average Bonchev–Trinajstić information content (AvgIpc) is 3.01. The second-order valence-corrected chi connectivity index (χ2v) is 7.88. The van der Waals surface area contributed by atoms with E-state index in [0.717, 1.165) is 11.1 Å². The van der Waals surface area contributed by atoms with Gasteiger partial charge in [-0.1, -0.05) is 42.0 Å². The summed E-state index contributed by atoms with van der Waals surface area (Å²) in [5.41, 5.74) is 2.23. The van der Waals surface area contributed by atoms with Crippen molar-refractivity contribution in [3.63, 3.8) is 0 Å². The standard InChI is InChI=1S/C25H29NO5/c1-16(2)31-14-8-13-26-22(18-10-7-9-17(3)15-18)21(24(28)25(26)29)23(27)19-11-5-6-12-20(19)30-4/h5-7,9-12,15-16,22,27H,8,13-14H2,1-4H3/b23-21-. The van der Waals surface area contributed by atoms with Crippen molar-refractivity contribution >= 4 is 17.4 Å². The van der Waals surface area contributed by atoms with Crippen molar-refractivity contribution < 1.29 is 24.2 Å². The Morgan fingerprint density at radius 2 is 1.87 bits per heavy atom. The van der Waals surface area contributed by atoms with Crippen LogP contribution in [0.25, 0.3) is 5.76 Å². The number of nitrogens with zero attached hydrogens (tertiary/aromatic N) is 1. The predicted molar refractivity (Wildman–Crippen MR) is 119 cm³/mol. The van der Waals surface area contributed by atoms with Crippen LogP contribution in [0.2, 0.25) is 0 Å². The molecule has 0 aromatic heterocycles. The Morgan fingerprint density at radius 1 is 1.13 bits per heavy atom. The first-order chi connectivity index (χ1) is 14.8. The Hall–Kier alpha value is -3.12. The lowest BCUT2D eigenvalue weighted by molar-refractivity contribution is -0.140. The molecule has 6 nitrogen and oxygen atoms in total. The summed E-state index contributed by atoms with van der Waals surface area (Å²) < 4.78 is 11.0. The second-order valence-electron chi connectivity index (χ2n) is 7.88. The number of amides is 1. The molecule has 0 saturated carbocycles. The minimum absolute atomic E-state index is 0.0740. The number of benzene rings is 2. The number of aryl methyl sites for hydroxylation is 1. The van der Waals surface area contributed by atoms with Crippen molar-refractivity contribution in [2.75, 3.05) is 20.3 Å². The predicted octanol–water partition coefficient (Wildman–Crippen LogP) is 4.24. The Bertz CT molecular complexity index is 995. The van der Waals surface area contributed by atoms with E-state index in [1.165, 1.54) is 12.0 Å². The molecule has 1 N–H and O–H groups in total. The van der Waals surface area contributed by atoms with E-state index in [2.05, 4.69) is 0 Å². The number of methoxy groups -OCH3 is 1. The molecule has 31 heavy (non-hydrogen) atoms. The summed E-state index contributed by atoms with van der Waals surface area (Å²) in [6.45, 7) is 6.68. The molecule has 0 bridgehead atoms. The third kappa shape index (κ3) is 4.80. The van der Waals surface area contributed by atoms with Crippen molar-refractivity contribution in [2.24, 2.45) is 0 Å². The molecule has 1 saturated heterocycles. The monoisotopic (exact) mass is 423 g/mol. The van der Waals surface area contributed by atoms with Crippen molar-refractivity contribution in [3.05, 3.63) is 70.8 Å². The molecule has 1 aliphatic heterocycles. The van der Waals surface area contributed by atoms with Gasteiger partial charge in [0.15, 0.2) is 0 Å². The van der Waals surface area contributed by atoms with E-state index in [0.29, 0.717) is 30.9 Å². The van der Waals surface area contributed by atoms with Crippen molar-refractivity contribution in [1.29, 1.82) is 0 Å². The molecule has 3 rings (SSSR count). The minimum atomic E-state index is -0.695. The average molecular weight is 424 g/mol. The number of hydrogen-bond acceptors (Lipinski definition) is 5. The maximum absolute atomic E-state index is 13.1. The van der Waals surface area contributed by atoms with Gasteiger partial charge in [-0.2, -0.15) is 0 Å². The van der Waals surface area contributed by atoms with E-state index >= 15 is 0 Å². The molecule has 0 spiro atoms. The largest absolute Gasteiger partial charge is 0.507 e. The molecule has 0 radical (unpaired) electrons. The summed E-state index contributed by atoms with van der Waals surface area (Å²) in [5.74, 6) is -1.12. The summed E-state index contributed by atoms with van der Waals surface area (Å²) in [7, 11) is 1.50. The first-order valence-electron chi connectivity index (χ1n) is 10.4. The van der Waals surface area contributed by atoms with Gasteiger partial charge in [0, 0.05) is 13.2 Å². The fraction of sp³-hybridized carbons (Fsp3) is 0.360. The summed E-state index contributed by atoms with van der Waals surface area (Å²) in [6.07, 6.45) is 0.677. The summed E-state index contributed by atoms with van der Waals surface area (Å²) in [4.78, 5) is 27.5. The summed E-state index contributed by atoms with van der Waals surface area (Å²) >= 11 is 0. The van der Waals surface area contributed by atoms with Gasteiger partial charge in [-0.25, -0.2) is 0 Å². The molecule has 1 atom stereocenters. The molecule has 1 fully saturated rings. The third-order valence-electron chi connectivity index (χ3n) is 5.25. The highest BCUT2D eigenvalue weighted by atomic mass is 16.5. The molecule has 1 heterocycles. The van der Waals surface area contributed by atoms with Crippen molar-refractivity contribution in [1.82, 2.24) is 4.90 Å². The van der Waals surface area contributed by atoms with Crippen LogP contribution >= 0.6 is 0 Å². The van der Waals surface area contributed by atoms with Crippen LogP contribution in [0.3, 0.4) is 0 Å². The van der Waals surface area contributed by atoms with Gasteiger partial charge in [0.25, 0.3) is 11.7 Å². The number of aliphatic hydroxyl groups excluding tert-OH is 1. The number of para-hydroxylation sites is 1. The van der Waals surface area contributed by atoms with Gasteiger partial charge in [-0.3, -0.25) is 9.59 Å². The molecule has 1 aliphatic rings. The fourth-order valence-corrected chi connectivity index (χ4v) is 3.84. The maximum atomic E-state index is 13.1. The number of hydrogen-bond donors (Lipinski definition) is 1.